The van der Waals surface area contributed by atoms with Crippen molar-refractivity contribution >= 4 is 11.6 Å². The molecule has 1 N–H and O–H groups in total. The highest BCUT2D eigenvalue weighted by molar-refractivity contribution is 5.60. The van der Waals surface area contributed by atoms with E-state index in [4.69, 9.17) is 9.97 Å². The standard InChI is InChI=1S/C17H30N4/c1-7-13-10-9-11-21(13)15-12(3)14(18-8-2)19-16(20-15)17(4,5)6/h13H,7-11H2,1-6H3,(H,18,19,20). The number of nitrogens with one attached hydrogen (secondary N) is 1. The molecule has 118 valence electrons. The highest BCUT2D eigenvalue weighted by atomic mass is 15.2. The third-order valence-corrected chi connectivity index (χ3v) is 4.26. The number of aromatic nitrogens is 2. The summed E-state index contributed by atoms with van der Waals surface area (Å²) >= 11 is 0. The fraction of sp³-hybridized carbons (Fsp3) is 0.765. The summed E-state index contributed by atoms with van der Waals surface area (Å²) in [5.74, 6) is 3.06. The topological polar surface area (TPSA) is 41.1 Å². The Morgan fingerprint density at radius 2 is 1.95 bits per heavy atom. The summed E-state index contributed by atoms with van der Waals surface area (Å²) in [6.07, 6.45) is 3.73. The third-order valence-electron chi connectivity index (χ3n) is 4.26. The molecule has 0 bridgehead atoms. The molecule has 2 heterocycles. The van der Waals surface area contributed by atoms with E-state index < -0.39 is 0 Å². The summed E-state index contributed by atoms with van der Waals surface area (Å²) in [5, 5.41) is 3.41. The van der Waals surface area contributed by atoms with Crippen LogP contribution in [0.2, 0.25) is 0 Å². The summed E-state index contributed by atoms with van der Waals surface area (Å²) in [6, 6.07) is 0.626. The molecule has 0 aromatic carbocycles. The molecule has 0 saturated carbocycles. The summed E-state index contributed by atoms with van der Waals surface area (Å²) < 4.78 is 0. The second-order valence-electron chi connectivity index (χ2n) is 7.02. The molecule has 1 aliphatic rings. The average molecular weight is 290 g/mol. The zero-order valence-corrected chi connectivity index (χ0v) is 14.5. The third kappa shape index (κ3) is 3.30. The Morgan fingerprint density at radius 3 is 2.52 bits per heavy atom. The maximum absolute atomic E-state index is 4.94. The van der Waals surface area contributed by atoms with Crippen molar-refractivity contribution in [3.05, 3.63) is 11.4 Å². The maximum atomic E-state index is 4.94. The second kappa shape index (κ2) is 6.20. The van der Waals surface area contributed by atoms with Gasteiger partial charge in [-0.1, -0.05) is 27.7 Å². The number of nitrogens with zero attached hydrogens (tertiary/aromatic N) is 3. The Balaban J connectivity index is 2.50. The first kappa shape index (κ1) is 16.1. The minimum absolute atomic E-state index is 0.0337. The SMILES string of the molecule is CCNc1nc(C(C)(C)C)nc(N2CCCC2CC)c1C. The van der Waals surface area contributed by atoms with Gasteiger partial charge in [0.1, 0.15) is 17.5 Å². The van der Waals surface area contributed by atoms with Gasteiger partial charge in [-0.3, -0.25) is 0 Å². The van der Waals surface area contributed by atoms with Crippen molar-refractivity contribution in [2.24, 2.45) is 0 Å². The minimum atomic E-state index is -0.0337. The molecule has 0 spiro atoms. The zero-order chi connectivity index (χ0) is 15.6. The minimum Gasteiger partial charge on any atom is -0.370 e. The van der Waals surface area contributed by atoms with E-state index in [0.717, 1.165) is 30.5 Å². The molecule has 1 atom stereocenters. The lowest BCUT2D eigenvalue weighted by Crippen LogP contribution is -2.31. The highest BCUT2D eigenvalue weighted by Gasteiger charge is 2.29. The normalized spacial score (nSPS) is 19.1. The molecule has 1 fully saturated rings. The summed E-state index contributed by atoms with van der Waals surface area (Å²) in [6.45, 7) is 15.1. The van der Waals surface area contributed by atoms with E-state index in [2.05, 4.69) is 51.8 Å². The molecule has 0 amide bonds. The van der Waals surface area contributed by atoms with Crippen LogP contribution in [0.3, 0.4) is 0 Å². The van der Waals surface area contributed by atoms with E-state index >= 15 is 0 Å². The van der Waals surface area contributed by atoms with Crippen molar-refractivity contribution in [3.8, 4) is 0 Å². The van der Waals surface area contributed by atoms with Gasteiger partial charge in [0.15, 0.2) is 0 Å². The molecule has 4 heteroatoms. The molecule has 0 aliphatic carbocycles. The molecule has 1 aromatic rings. The van der Waals surface area contributed by atoms with Gasteiger partial charge in [0, 0.05) is 30.1 Å². The molecular weight excluding hydrogens is 260 g/mol. The van der Waals surface area contributed by atoms with Crippen molar-refractivity contribution in [2.75, 3.05) is 23.3 Å². The lowest BCUT2D eigenvalue weighted by molar-refractivity contribution is 0.541. The first-order valence-electron chi connectivity index (χ1n) is 8.28. The van der Waals surface area contributed by atoms with Gasteiger partial charge in [0.05, 0.1) is 0 Å². The smallest absolute Gasteiger partial charge is 0.138 e. The van der Waals surface area contributed by atoms with E-state index in [1.165, 1.54) is 24.8 Å². The number of anilines is 2. The predicted octanol–water partition coefficient (Wildman–Crippen LogP) is 3.89. The Hall–Kier alpha value is -1.32. The Kier molecular flexibility index (Phi) is 4.74. The maximum Gasteiger partial charge on any atom is 0.138 e. The Bertz CT molecular complexity index is 490. The fourth-order valence-electron chi connectivity index (χ4n) is 3.00. The van der Waals surface area contributed by atoms with Crippen LogP contribution in [0.4, 0.5) is 11.6 Å². The van der Waals surface area contributed by atoms with E-state index in [1.807, 2.05) is 0 Å². The molecule has 1 aliphatic heterocycles. The predicted molar refractivity (Wildman–Crippen MR) is 90.3 cm³/mol. The lowest BCUT2D eigenvalue weighted by Gasteiger charge is -2.29. The van der Waals surface area contributed by atoms with E-state index in [0.29, 0.717) is 6.04 Å². The van der Waals surface area contributed by atoms with E-state index in [9.17, 15) is 0 Å². The second-order valence-corrected chi connectivity index (χ2v) is 7.02. The molecule has 2 rings (SSSR count). The van der Waals surface area contributed by atoms with Crippen LogP contribution in [-0.2, 0) is 5.41 Å². The number of hydrogen-bond donors (Lipinski definition) is 1. The Labute approximate surface area is 129 Å². The van der Waals surface area contributed by atoms with Crippen LogP contribution in [0.1, 0.15) is 65.3 Å². The molecule has 1 aromatic heterocycles. The van der Waals surface area contributed by atoms with Crippen LogP contribution in [0, 0.1) is 6.92 Å². The van der Waals surface area contributed by atoms with Crippen molar-refractivity contribution in [3.63, 3.8) is 0 Å². The van der Waals surface area contributed by atoms with Gasteiger partial charge in [-0.2, -0.15) is 0 Å². The zero-order valence-electron chi connectivity index (χ0n) is 14.5. The fourth-order valence-corrected chi connectivity index (χ4v) is 3.00. The van der Waals surface area contributed by atoms with Gasteiger partial charge < -0.3 is 10.2 Å². The van der Waals surface area contributed by atoms with Crippen LogP contribution in [-0.4, -0.2) is 29.1 Å². The molecule has 21 heavy (non-hydrogen) atoms. The lowest BCUT2D eigenvalue weighted by atomic mass is 9.95. The number of hydrogen-bond acceptors (Lipinski definition) is 4. The van der Waals surface area contributed by atoms with Gasteiger partial charge in [-0.15, -0.1) is 0 Å². The first-order chi connectivity index (χ1) is 9.88. The van der Waals surface area contributed by atoms with Crippen LogP contribution < -0.4 is 10.2 Å². The number of rotatable bonds is 4. The monoisotopic (exact) mass is 290 g/mol. The van der Waals surface area contributed by atoms with Crippen molar-refractivity contribution in [2.45, 2.75) is 72.3 Å². The van der Waals surface area contributed by atoms with Crippen LogP contribution >= 0.6 is 0 Å². The van der Waals surface area contributed by atoms with Gasteiger partial charge in [0.2, 0.25) is 0 Å². The molecule has 0 radical (unpaired) electrons. The summed E-state index contributed by atoms with van der Waals surface area (Å²) in [5.41, 5.74) is 1.15. The van der Waals surface area contributed by atoms with E-state index in [1.54, 1.807) is 0 Å². The highest BCUT2D eigenvalue weighted by Crippen LogP contribution is 2.33. The van der Waals surface area contributed by atoms with Crippen molar-refractivity contribution in [1.82, 2.24) is 9.97 Å². The van der Waals surface area contributed by atoms with Gasteiger partial charge >= 0.3 is 0 Å². The van der Waals surface area contributed by atoms with Gasteiger partial charge in [0.25, 0.3) is 0 Å². The van der Waals surface area contributed by atoms with Crippen LogP contribution in [0.5, 0.6) is 0 Å². The van der Waals surface area contributed by atoms with Crippen molar-refractivity contribution < 1.29 is 0 Å². The van der Waals surface area contributed by atoms with Crippen LogP contribution in [0.25, 0.3) is 0 Å². The molecular formula is C17H30N4. The van der Waals surface area contributed by atoms with Gasteiger partial charge in [-0.05, 0) is 33.1 Å². The van der Waals surface area contributed by atoms with Crippen molar-refractivity contribution in [1.29, 1.82) is 0 Å². The van der Waals surface area contributed by atoms with Gasteiger partial charge in [-0.25, -0.2) is 9.97 Å². The molecule has 1 unspecified atom stereocenters. The summed E-state index contributed by atoms with van der Waals surface area (Å²) in [7, 11) is 0. The van der Waals surface area contributed by atoms with Crippen LogP contribution in [0.15, 0.2) is 0 Å². The summed E-state index contributed by atoms with van der Waals surface area (Å²) in [4.78, 5) is 12.2. The quantitative estimate of drug-likeness (QED) is 0.913. The molecule has 4 nitrogen and oxygen atoms in total. The Morgan fingerprint density at radius 1 is 1.24 bits per heavy atom. The molecule has 1 saturated heterocycles. The first-order valence-corrected chi connectivity index (χ1v) is 8.28. The largest absolute Gasteiger partial charge is 0.370 e. The van der Waals surface area contributed by atoms with E-state index in [-0.39, 0.29) is 5.41 Å². The average Bonchev–Trinajstić information content (AvgIpc) is 2.88.